The van der Waals surface area contributed by atoms with E-state index in [1.165, 1.54) is 31.3 Å². The van der Waals surface area contributed by atoms with Gasteiger partial charge in [0.25, 0.3) is 5.69 Å². The smallest absolute Gasteiger partial charge is 0.355 e. The molecule has 0 spiro atoms. The molecule has 1 amide bonds. The highest BCUT2D eigenvalue weighted by molar-refractivity contribution is 5.97. The first kappa shape index (κ1) is 16.9. The highest BCUT2D eigenvalue weighted by atomic mass is 16.6. The van der Waals surface area contributed by atoms with Crippen molar-refractivity contribution < 1.29 is 24.0 Å². The number of aromatic amines is 1. The molecule has 1 heterocycles. The zero-order chi connectivity index (χ0) is 17.9. The molecule has 9 nitrogen and oxygen atoms in total. The van der Waals surface area contributed by atoms with Gasteiger partial charge in [0.2, 0.25) is 5.91 Å². The number of esters is 1. The summed E-state index contributed by atoms with van der Waals surface area (Å²) in [5, 5.41) is 11.1. The SMILES string of the molecule is CC(=O)c1c[nH]c(C(=O)OCc2ccc(C(N)=O)cc2[N+](=O)[O-])c1. The molecular weight excluding hydrogens is 318 g/mol. The van der Waals surface area contributed by atoms with E-state index in [9.17, 15) is 24.5 Å². The molecule has 1 aromatic carbocycles. The van der Waals surface area contributed by atoms with E-state index in [0.29, 0.717) is 5.56 Å². The molecule has 2 aromatic rings. The van der Waals surface area contributed by atoms with E-state index in [4.69, 9.17) is 10.5 Å². The lowest BCUT2D eigenvalue weighted by Gasteiger charge is -2.06. The van der Waals surface area contributed by atoms with Gasteiger partial charge in [-0.25, -0.2) is 4.79 Å². The number of hydrogen-bond donors (Lipinski definition) is 2. The quantitative estimate of drug-likeness (QED) is 0.355. The number of Topliss-reactive ketones (excluding diaryl/α,β-unsaturated/α-hetero) is 1. The topological polar surface area (TPSA) is 145 Å². The lowest BCUT2D eigenvalue weighted by atomic mass is 10.1. The Balaban J connectivity index is 2.15. The van der Waals surface area contributed by atoms with Gasteiger partial charge in [-0.05, 0) is 25.1 Å². The number of aromatic nitrogens is 1. The number of primary amides is 1. The van der Waals surface area contributed by atoms with Crippen LogP contribution >= 0.6 is 0 Å². The van der Waals surface area contributed by atoms with Crippen molar-refractivity contribution in [2.75, 3.05) is 0 Å². The maximum atomic E-state index is 11.9. The molecule has 1 aromatic heterocycles. The zero-order valence-electron chi connectivity index (χ0n) is 12.6. The summed E-state index contributed by atoms with van der Waals surface area (Å²) in [5.41, 5.74) is 5.16. The number of carbonyl (C=O) groups excluding carboxylic acids is 3. The molecule has 0 atom stereocenters. The number of benzene rings is 1. The van der Waals surface area contributed by atoms with Crippen molar-refractivity contribution in [2.24, 2.45) is 5.73 Å². The monoisotopic (exact) mass is 331 g/mol. The zero-order valence-corrected chi connectivity index (χ0v) is 12.6. The number of nitro groups is 1. The van der Waals surface area contributed by atoms with Gasteiger partial charge in [-0.1, -0.05) is 0 Å². The van der Waals surface area contributed by atoms with Gasteiger partial charge in [0.05, 0.1) is 10.5 Å². The second-order valence-electron chi connectivity index (χ2n) is 4.90. The predicted octanol–water partition coefficient (Wildman–Crippen LogP) is 1.58. The molecule has 0 saturated heterocycles. The minimum absolute atomic E-state index is 0.0211. The van der Waals surface area contributed by atoms with Crippen LogP contribution in [0, 0.1) is 10.1 Å². The van der Waals surface area contributed by atoms with E-state index in [0.717, 1.165) is 6.07 Å². The number of nitrogens with two attached hydrogens (primary N) is 1. The molecule has 2 rings (SSSR count). The van der Waals surface area contributed by atoms with Crippen LogP contribution in [-0.4, -0.2) is 27.6 Å². The fourth-order valence-electron chi connectivity index (χ4n) is 1.95. The van der Waals surface area contributed by atoms with Crippen LogP contribution in [0.4, 0.5) is 5.69 Å². The Morgan fingerprint density at radius 3 is 2.50 bits per heavy atom. The molecule has 0 unspecified atom stereocenters. The van der Waals surface area contributed by atoms with Crippen LogP contribution in [0.25, 0.3) is 0 Å². The summed E-state index contributed by atoms with van der Waals surface area (Å²) in [6.07, 6.45) is 1.36. The number of ketones is 1. The van der Waals surface area contributed by atoms with Gasteiger partial charge in [0, 0.05) is 23.4 Å². The third-order valence-corrected chi connectivity index (χ3v) is 3.23. The molecule has 24 heavy (non-hydrogen) atoms. The van der Waals surface area contributed by atoms with Gasteiger partial charge in [-0.3, -0.25) is 19.7 Å². The van der Waals surface area contributed by atoms with E-state index in [1.807, 2.05) is 0 Å². The molecule has 9 heteroatoms. The van der Waals surface area contributed by atoms with Crippen LogP contribution in [0.5, 0.6) is 0 Å². The lowest BCUT2D eigenvalue weighted by molar-refractivity contribution is -0.385. The van der Waals surface area contributed by atoms with Gasteiger partial charge in [0.1, 0.15) is 12.3 Å². The summed E-state index contributed by atoms with van der Waals surface area (Å²) in [6, 6.07) is 4.95. The van der Waals surface area contributed by atoms with E-state index in [1.54, 1.807) is 0 Å². The van der Waals surface area contributed by atoms with Crippen molar-refractivity contribution in [2.45, 2.75) is 13.5 Å². The molecule has 124 valence electrons. The number of nitrogens with one attached hydrogen (secondary N) is 1. The summed E-state index contributed by atoms with van der Waals surface area (Å²) in [5.74, 6) is -1.79. The van der Waals surface area contributed by atoms with Crippen molar-refractivity contribution in [1.82, 2.24) is 4.98 Å². The van der Waals surface area contributed by atoms with E-state index < -0.39 is 16.8 Å². The fourth-order valence-corrected chi connectivity index (χ4v) is 1.95. The third-order valence-electron chi connectivity index (χ3n) is 3.23. The van der Waals surface area contributed by atoms with Gasteiger partial charge >= 0.3 is 5.97 Å². The number of H-pyrrole nitrogens is 1. The van der Waals surface area contributed by atoms with E-state index in [2.05, 4.69) is 4.98 Å². The number of amides is 1. The Kier molecular flexibility index (Phi) is 4.73. The second-order valence-corrected chi connectivity index (χ2v) is 4.90. The first-order valence-electron chi connectivity index (χ1n) is 6.73. The van der Waals surface area contributed by atoms with E-state index in [-0.39, 0.29) is 34.9 Å². The Morgan fingerprint density at radius 2 is 1.96 bits per heavy atom. The van der Waals surface area contributed by atoms with Crippen LogP contribution in [-0.2, 0) is 11.3 Å². The minimum atomic E-state index is -0.801. The van der Waals surface area contributed by atoms with E-state index >= 15 is 0 Å². The van der Waals surface area contributed by atoms with Gasteiger partial charge in [0.15, 0.2) is 5.78 Å². The standard InChI is InChI=1S/C15H13N3O6/c1-8(19)11-4-12(17-6-11)15(21)24-7-10-3-2-9(14(16)20)5-13(10)18(22)23/h2-6,17H,7H2,1H3,(H2,16,20). The van der Waals surface area contributed by atoms with Crippen molar-refractivity contribution in [1.29, 1.82) is 0 Å². The first-order valence-corrected chi connectivity index (χ1v) is 6.73. The Morgan fingerprint density at radius 1 is 1.25 bits per heavy atom. The normalized spacial score (nSPS) is 10.2. The number of nitro benzene ring substituents is 1. The molecule has 0 radical (unpaired) electrons. The van der Waals surface area contributed by atoms with Gasteiger partial charge in [-0.2, -0.15) is 0 Å². The molecule has 0 aliphatic heterocycles. The summed E-state index contributed by atoms with van der Waals surface area (Å²) < 4.78 is 5.00. The summed E-state index contributed by atoms with van der Waals surface area (Å²) in [4.78, 5) is 47.1. The van der Waals surface area contributed by atoms with Crippen LogP contribution in [0.1, 0.15) is 43.7 Å². The molecule has 0 aliphatic rings. The molecule has 0 bridgehead atoms. The largest absolute Gasteiger partial charge is 0.456 e. The Labute approximate surface area is 135 Å². The number of rotatable bonds is 6. The highest BCUT2D eigenvalue weighted by Gasteiger charge is 2.19. The second kappa shape index (κ2) is 6.73. The molecule has 0 aliphatic carbocycles. The average molecular weight is 331 g/mol. The number of carbonyl (C=O) groups is 3. The van der Waals surface area contributed by atoms with Crippen molar-refractivity contribution in [3.05, 3.63) is 63.0 Å². The maximum absolute atomic E-state index is 11.9. The Hall–Kier alpha value is -3.49. The average Bonchev–Trinajstić information content (AvgIpc) is 3.02. The van der Waals surface area contributed by atoms with Crippen LogP contribution in [0.2, 0.25) is 0 Å². The predicted molar refractivity (Wildman–Crippen MR) is 81.5 cm³/mol. The highest BCUT2D eigenvalue weighted by Crippen LogP contribution is 2.21. The van der Waals surface area contributed by atoms with Gasteiger partial charge < -0.3 is 15.5 Å². The summed E-state index contributed by atoms with van der Waals surface area (Å²) >= 11 is 0. The number of ether oxygens (including phenoxy) is 1. The summed E-state index contributed by atoms with van der Waals surface area (Å²) in [6.45, 7) is 0.977. The molecule has 0 saturated carbocycles. The van der Waals surface area contributed by atoms with Crippen molar-refractivity contribution in [3.63, 3.8) is 0 Å². The fraction of sp³-hybridized carbons (Fsp3) is 0.133. The maximum Gasteiger partial charge on any atom is 0.355 e. The number of nitrogens with zero attached hydrogens (tertiary/aromatic N) is 1. The van der Waals surface area contributed by atoms with Crippen LogP contribution < -0.4 is 5.73 Å². The van der Waals surface area contributed by atoms with Crippen LogP contribution in [0.3, 0.4) is 0 Å². The first-order chi connectivity index (χ1) is 11.3. The molecular formula is C15H13N3O6. The lowest BCUT2D eigenvalue weighted by Crippen LogP contribution is -2.12. The Bertz CT molecular complexity index is 839. The van der Waals surface area contributed by atoms with Crippen molar-refractivity contribution in [3.8, 4) is 0 Å². The van der Waals surface area contributed by atoms with Crippen molar-refractivity contribution >= 4 is 23.3 Å². The van der Waals surface area contributed by atoms with Crippen LogP contribution in [0.15, 0.2) is 30.5 Å². The third kappa shape index (κ3) is 3.64. The number of hydrogen-bond acceptors (Lipinski definition) is 6. The summed E-state index contributed by atoms with van der Waals surface area (Å²) in [7, 11) is 0. The molecule has 3 N–H and O–H groups in total. The minimum Gasteiger partial charge on any atom is -0.456 e. The van der Waals surface area contributed by atoms with Gasteiger partial charge in [-0.15, -0.1) is 0 Å². The molecule has 0 fully saturated rings.